The number of allylic oxidation sites excluding steroid dienone is 16. The van der Waals surface area contributed by atoms with E-state index in [4.69, 9.17) is 18.5 Å². The average molecular weight is 1140 g/mol. The summed E-state index contributed by atoms with van der Waals surface area (Å²) in [5.74, 6) is -0.822. The van der Waals surface area contributed by atoms with Crippen molar-refractivity contribution in [3.8, 4) is 0 Å². The van der Waals surface area contributed by atoms with Crippen molar-refractivity contribution in [2.75, 3.05) is 47.5 Å². The molecule has 2 atom stereocenters. The highest BCUT2D eigenvalue weighted by Gasteiger charge is 2.27. The zero-order valence-corrected chi connectivity index (χ0v) is 53.4. The van der Waals surface area contributed by atoms with Crippen LogP contribution in [0, 0.1) is 0 Å². The third-order valence-corrected chi connectivity index (χ3v) is 15.1. The molecule has 0 aromatic heterocycles. The molecule has 0 rings (SSSR count). The van der Waals surface area contributed by atoms with Crippen molar-refractivity contribution in [2.24, 2.45) is 0 Å². The van der Waals surface area contributed by atoms with Gasteiger partial charge in [-0.05, 0) is 96.3 Å². The Hall–Kier alpha value is -3.07. The number of quaternary nitrogens is 1. The molecule has 2 unspecified atom stereocenters. The predicted molar refractivity (Wildman–Crippen MR) is 344 cm³/mol. The summed E-state index contributed by atoms with van der Waals surface area (Å²) in [5.41, 5.74) is 0. The van der Waals surface area contributed by atoms with E-state index in [2.05, 4.69) is 111 Å². The average Bonchev–Trinajstić information content (AvgIpc) is 3.42. The van der Waals surface area contributed by atoms with Crippen LogP contribution in [0.3, 0.4) is 0 Å². The van der Waals surface area contributed by atoms with E-state index < -0.39 is 26.5 Å². The van der Waals surface area contributed by atoms with Crippen molar-refractivity contribution in [1.29, 1.82) is 0 Å². The maximum atomic E-state index is 12.8. The molecule has 462 valence electrons. The van der Waals surface area contributed by atoms with Gasteiger partial charge in [0.15, 0.2) is 6.10 Å². The molecule has 0 aliphatic heterocycles. The number of esters is 2. The second-order valence-electron chi connectivity index (χ2n) is 23.1. The van der Waals surface area contributed by atoms with E-state index in [9.17, 15) is 19.0 Å². The van der Waals surface area contributed by atoms with Crippen molar-refractivity contribution < 1.29 is 42.1 Å². The molecule has 0 bridgehead atoms. The van der Waals surface area contributed by atoms with Gasteiger partial charge >= 0.3 is 19.8 Å². The van der Waals surface area contributed by atoms with E-state index in [1.165, 1.54) is 161 Å². The van der Waals surface area contributed by atoms with E-state index in [-0.39, 0.29) is 32.0 Å². The summed E-state index contributed by atoms with van der Waals surface area (Å²) in [6.45, 7) is 4.30. The fourth-order valence-electron chi connectivity index (χ4n) is 9.05. The molecule has 10 heteroatoms. The van der Waals surface area contributed by atoms with Gasteiger partial charge in [0.05, 0.1) is 27.7 Å². The number of likely N-dealkylation sites (N-methyl/N-ethyl adjacent to an activating group) is 1. The second-order valence-corrected chi connectivity index (χ2v) is 24.6. The minimum atomic E-state index is -4.40. The molecular weight excluding hydrogens is 1010 g/mol. The minimum Gasteiger partial charge on any atom is -0.462 e. The fraction of sp³-hybridized carbons (Fsp3) is 0.743. The van der Waals surface area contributed by atoms with Crippen LogP contribution in [0.5, 0.6) is 0 Å². The number of hydrogen-bond acceptors (Lipinski definition) is 7. The van der Waals surface area contributed by atoms with Crippen LogP contribution in [0.4, 0.5) is 0 Å². The number of ether oxygens (including phenoxy) is 2. The van der Waals surface area contributed by atoms with Gasteiger partial charge in [-0.25, -0.2) is 4.57 Å². The predicted octanol–water partition coefficient (Wildman–Crippen LogP) is 21.2. The van der Waals surface area contributed by atoms with Gasteiger partial charge in [-0.1, -0.05) is 272 Å². The largest absolute Gasteiger partial charge is 0.472 e. The van der Waals surface area contributed by atoms with Crippen LogP contribution in [-0.4, -0.2) is 74.9 Å². The molecule has 0 radical (unpaired) electrons. The maximum absolute atomic E-state index is 12.8. The molecule has 0 saturated carbocycles. The van der Waals surface area contributed by atoms with Crippen LogP contribution in [-0.2, 0) is 32.7 Å². The summed E-state index contributed by atoms with van der Waals surface area (Å²) >= 11 is 0. The highest BCUT2D eigenvalue weighted by Crippen LogP contribution is 2.43. The molecule has 9 nitrogen and oxygen atoms in total. The first-order valence-corrected chi connectivity index (χ1v) is 34.5. The van der Waals surface area contributed by atoms with Crippen molar-refractivity contribution in [1.82, 2.24) is 0 Å². The summed E-state index contributed by atoms with van der Waals surface area (Å²) in [6, 6.07) is 0. The number of carbonyl (C=O) groups is 2. The Balaban J connectivity index is 4.08. The summed E-state index contributed by atoms with van der Waals surface area (Å²) in [5, 5.41) is 0. The van der Waals surface area contributed by atoms with Crippen LogP contribution in [0.2, 0.25) is 0 Å². The second kappa shape index (κ2) is 60.5. The molecule has 80 heavy (non-hydrogen) atoms. The molecule has 1 N–H and O–H groups in total. The van der Waals surface area contributed by atoms with Gasteiger partial charge < -0.3 is 18.9 Å². The summed E-state index contributed by atoms with van der Waals surface area (Å²) in [7, 11) is 1.45. The van der Waals surface area contributed by atoms with E-state index in [0.29, 0.717) is 17.4 Å². The fourth-order valence-corrected chi connectivity index (χ4v) is 9.79. The Bertz CT molecular complexity index is 1670. The van der Waals surface area contributed by atoms with E-state index >= 15 is 0 Å². The van der Waals surface area contributed by atoms with Gasteiger partial charge in [0.25, 0.3) is 0 Å². The van der Waals surface area contributed by atoms with Crippen LogP contribution >= 0.6 is 7.82 Å². The third kappa shape index (κ3) is 64.1. The number of unbranched alkanes of at least 4 members (excludes halogenated alkanes) is 30. The molecule has 0 spiro atoms. The Morgan fingerprint density at radius 1 is 0.400 bits per heavy atom. The van der Waals surface area contributed by atoms with Gasteiger partial charge in [-0.3, -0.25) is 18.6 Å². The summed E-state index contributed by atoms with van der Waals surface area (Å²) < 4.78 is 34.6. The van der Waals surface area contributed by atoms with Crippen molar-refractivity contribution in [3.63, 3.8) is 0 Å². The zero-order valence-electron chi connectivity index (χ0n) is 52.5. The number of carbonyl (C=O) groups excluding carboxylic acids is 2. The summed E-state index contributed by atoms with van der Waals surface area (Å²) in [4.78, 5) is 35.8. The first-order chi connectivity index (χ1) is 39.0. The van der Waals surface area contributed by atoms with E-state index in [1.54, 1.807) is 0 Å². The molecule has 0 aliphatic rings. The summed E-state index contributed by atoms with van der Waals surface area (Å²) in [6.07, 6.45) is 83.6. The van der Waals surface area contributed by atoms with E-state index in [1.807, 2.05) is 21.1 Å². The molecule has 0 amide bonds. The number of phosphoric ester groups is 1. The van der Waals surface area contributed by atoms with Crippen LogP contribution < -0.4 is 0 Å². The van der Waals surface area contributed by atoms with Gasteiger partial charge in [0, 0.05) is 12.8 Å². The zero-order chi connectivity index (χ0) is 58.4. The SMILES string of the molecule is CC/C=C\C/C=C\C/C=C\C/C=C\C/C=C\C/C=C\CCCCCCC(=O)OC(COC(=O)CCCCCCCCCCCCCCCCCCCCCCC/C=C\C/C=C\CCCCCCC)COP(=O)(O)OCC[N+](C)(C)C. The van der Waals surface area contributed by atoms with Gasteiger partial charge in [-0.2, -0.15) is 0 Å². The molecule has 0 heterocycles. The Morgan fingerprint density at radius 3 is 1.06 bits per heavy atom. The highest BCUT2D eigenvalue weighted by molar-refractivity contribution is 7.47. The van der Waals surface area contributed by atoms with Gasteiger partial charge in [-0.15, -0.1) is 0 Å². The lowest BCUT2D eigenvalue weighted by atomic mass is 10.0. The van der Waals surface area contributed by atoms with Crippen LogP contribution in [0.25, 0.3) is 0 Å². The standard InChI is InChI=1S/C70H124NO8P/c1-6-8-10-12-14-16-18-20-22-24-26-28-30-31-32-33-34-35-36-37-38-39-41-42-44-46-48-50-52-54-56-58-60-62-69(72)76-66-68(67-78-80(74,75)77-65-64-71(3,4)5)79-70(73)63-61-59-57-55-53-51-49-47-45-43-40-29-27-25-23-21-19-17-15-13-11-9-7-2/h9,11,15,17-18,20-21,23-24,26-27,29,43,45,49,51,68H,6-8,10,12-14,16,19,22,25,28,30-42,44,46-48,50,52-67H2,1-5H3/p+1/b11-9-,17-15-,20-18-,23-21-,26-24-,29-27-,45-43-,51-49-. The molecular formula is C70H125NO8P+. The lowest BCUT2D eigenvalue weighted by molar-refractivity contribution is -0.870. The van der Waals surface area contributed by atoms with Gasteiger partial charge in [0.1, 0.15) is 19.8 Å². The molecule has 0 aliphatic carbocycles. The van der Waals surface area contributed by atoms with Crippen molar-refractivity contribution in [3.05, 3.63) is 97.2 Å². The monoisotopic (exact) mass is 1140 g/mol. The van der Waals surface area contributed by atoms with E-state index in [0.717, 1.165) is 89.9 Å². The smallest absolute Gasteiger partial charge is 0.462 e. The van der Waals surface area contributed by atoms with Crippen LogP contribution in [0.15, 0.2) is 97.2 Å². The molecule has 0 aromatic rings. The molecule has 0 fully saturated rings. The topological polar surface area (TPSA) is 108 Å². The Morgan fingerprint density at radius 2 is 0.713 bits per heavy atom. The number of phosphoric acid groups is 1. The van der Waals surface area contributed by atoms with Crippen molar-refractivity contribution >= 4 is 19.8 Å². The number of hydrogen-bond donors (Lipinski definition) is 1. The number of nitrogens with zero attached hydrogens (tertiary/aromatic N) is 1. The van der Waals surface area contributed by atoms with Gasteiger partial charge in [0.2, 0.25) is 0 Å². The first kappa shape index (κ1) is 76.9. The molecule has 0 saturated heterocycles. The maximum Gasteiger partial charge on any atom is 0.472 e. The third-order valence-electron chi connectivity index (χ3n) is 14.1. The lowest BCUT2D eigenvalue weighted by Gasteiger charge is -2.24. The minimum absolute atomic E-state index is 0.0227. The quantitative estimate of drug-likeness (QED) is 0.0211. The normalized spacial score (nSPS) is 13.8. The Kier molecular flexibility index (Phi) is 58.2. The lowest BCUT2D eigenvalue weighted by Crippen LogP contribution is -2.37. The first-order valence-electron chi connectivity index (χ1n) is 33.0. The highest BCUT2D eigenvalue weighted by atomic mass is 31.2. The van der Waals surface area contributed by atoms with Crippen molar-refractivity contribution in [2.45, 2.75) is 290 Å². The Labute approximate surface area is 493 Å². The number of rotatable bonds is 60. The van der Waals surface area contributed by atoms with Crippen LogP contribution in [0.1, 0.15) is 284 Å². The molecule has 0 aromatic carbocycles.